The van der Waals surface area contributed by atoms with Crippen molar-refractivity contribution in [1.29, 1.82) is 0 Å². The van der Waals surface area contributed by atoms with Crippen LogP contribution in [0, 0.1) is 0 Å². The van der Waals surface area contributed by atoms with Crippen molar-refractivity contribution in [2.75, 3.05) is 22.6 Å². The quantitative estimate of drug-likeness (QED) is 0.799. The Morgan fingerprint density at radius 2 is 2.00 bits per heavy atom. The Hall–Kier alpha value is -0.950. The van der Waals surface area contributed by atoms with E-state index in [-0.39, 0.29) is 17.5 Å². The molecule has 0 aliphatic carbocycles. The Morgan fingerprint density at radius 1 is 1.35 bits per heavy atom. The summed E-state index contributed by atoms with van der Waals surface area (Å²) in [6, 6.07) is 0.268. The molecule has 112 valence electrons. The Kier molecular flexibility index (Phi) is 4.80. The molecule has 0 atom stereocenters. The number of hydrogen-bond donors (Lipinski definition) is 3. The maximum Gasteiger partial charge on any atom is 0.265 e. The number of nitrogens with one attached hydrogen (secondary N) is 2. The molecule has 7 heteroatoms. The van der Waals surface area contributed by atoms with E-state index in [2.05, 4.69) is 15.6 Å². The number of nitrogens with zero attached hydrogens (tertiary/aromatic N) is 1. The van der Waals surface area contributed by atoms with Gasteiger partial charge in [0.25, 0.3) is 5.91 Å². The average Bonchev–Trinajstić information content (AvgIpc) is 2.69. The van der Waals surface area contributed by atoms with Crippen molar-refractivity contribution in [1.82, 2.24) is 10.3 Å². The van der Waals surface area contributed by atoms with Crippen LogP contribution in [0.15, 0.2) is 0 Å². The SMILES string of the molecule is CC(C)(C)Nc1nc(N)c(C(=O)NC2CCSCC2)s1. The van der Waals surface area contributed by atoms with Crippen molar-refractivity contribution in [3.8, 4) is 0 Å². The van der Waals surface area contributed by atoms with Crippen LogP contribution in [0.3, 0.4) is 0 Å². The van der Waals surface area contributed by atoms with Gasteiger partial charge in [-0.25, -0.2) is 4.98 Å². The van der Waals surface area contributed by atoms with Crippen LogP contribution in [-0.2, 0) is 0 Å². The highest BCUT2D eigenvalue weighted by Gasteiger charge is 2.22. The van der Waals surface area contributed by atoms with Gasteiger partial charge in [-0.15, -0.1) is 0 Å². The van der Waals surface area contributed by atoms with E-state index in [1.807, 2.05) is 32.5 Å². The van der Waals surface area contributed by atoms with Gasteiger partial charge in [0.2, 0.25) is 0 Å². The summed E-state index contributed by atoms with van der Waals surface area (Å²) in [5.74, 6) is 2.43. The number of carbonyl (C=O) groups excluding carboxylic acids is 1. The number of rotatable bonds is 3. The molecule has 1 fully saturated rings. The zero-order valence-corrected chi connectivity index (χ0v) is 13.8. The highest BCUT2D eigenvalue weighted by atomic mass is 32.2. The van der Waals surface area contributed by atoms with Gasteiger partial charge in [-0.3, -0.25) is 4.79 Å². The molecule has 1 saturated heterocycles. The number of amides is 1. The van der Waals surface area contributed by atoms with E-state index in [1.54, 1.807) is 0 Å². The van der Waals surface area contributed by atoms with Gasteiger partial charge in [0.05, 0.1) is 0 Å². The summed E-state index contributed by atoms with van der Waals surface area (Å²) in [5.41, 5.74) is 5.76. The van der Waals surface area contributed by atoms with E-state index in [9.17, 15) is 4.79 Å². The highest BCUT2D eigenvalue weighted by Crippen LogP contribution is 2.27. The van der Waals surface area contributed by atoms with Crippen LogP contribution in [0.25, 0.3) is 0 Å². The predicted molar refractivity (Wildman–Crippen MR) is 87.7 cm³/mol. The number of hydrogen-bond acceptors (Lipinski definition) is 6. The third kappa shape index (κ3) is 4.28. The maximum absolute atomic E-state index is 12.3. The van der Waals surface area contributed by atoms with Crippen LogP contribution in [0.5, 0.6) is 0 Å². The fourth-order valence-corrected chi connectivity index (χ4v) is 4.06. The lowest BCUT2D eigenvalue weighted by Gasteiger charge is -2.22. The summed E-state index contributed by atoms with van der Waals surface area (Å²) in [6.45, 7) is 6.14. The second-order valence-corrected chi connectivity index (χ2v) is 8.19. The van der Waals surface area contributed by atoms with Crippen LogP contribution in [0.2, 0.25) is 0 Å². The minimum Gasteiger partial charge on any atom is -0.382 e. The molecule has 0 saturated carbocycles. The molecule has 1 aliphatic heterocycles. The van der Waals surface area contributed by atoms with Gasteiger partial charge in [-0.2, -0.15) is 11.8 Å². The molecular formula is C13H22N4OS2. The molecule has 0 radical (unpaired) electrons. The molecule has 0 bridgehead atoms. The number of thioether (sulfide) groups is 1. The zero-order chi connectivity index (χ0) is 14.8. The van der Waals surface area contributed by atoms with E-state index in [1.165, 1.54) is 11.3 Å². The molecule has 20 heavy (non-hydrogen) atoms. The molecule has 5 nitrogen and oxygen atoms in total. The van der Waals surface area contributed by atoms with Crippen molar-refractivity contribution < 1.29 is 4.79 Å². The smallest absolute Gasteiger partial charge is 0.265 e. The first-order valence-corrected chi connectivity index (χ1v) is 8.75. The molecule has 2 heterocycles. The first-order valence-electron chi connectivity index (χ1n) is 6.78. The second kappa shape index (κ2) is 6.22. The van der Waals surface area contributed by atoms with E-state index in [0.29, 0.717) is 15.8 Å². The summed E-state index contributed by atoms with van der Waals surface area (Å²) in [6.07, 6.45) is 2.06. The van der Waals surface area contributed by atoms with E-state index >= 15 is 0 Å². The molecule has 1 aliphatic rings. The van der Waals surface area contributed by atoms with Gasteiger partial charge in [-0.05, 0) is 45.1 Å². The van der Waals surface area contributed by atoms with Gasteiger partial charge >= 0.3 is 0 Å². The molecule has 0 spiro atoms. The minimum absolute atomic E-state index is 0.0983. The normalized spacial score (nSPS) is 16.9. The van der Waals surface area contributed by atoms with Crippen molar-refractivity contribution in [3.63, 3.8) is 0 Å². The Labute approximate surface area is 128 Å². The number of aromatic nitrogens is 1. The van der Waals surface area contributed by atoms with Gasteiger partial charge in [0.1, 0.15) is 10.7 Å². The fraction of sp³-hybridized carbons (Fsp3) is 0.692. The standard InChI is InChI=1S/C13H22N4OS2/c1-13(2,3)17-12-16-10(14)9(20-12)11(18)15-8-4-6-19-7-5-8/h8H,4-7,14H2,1-3H3,(H,15,18)(H,16,17). The largest absolute Gasteiger partial charge is 0.382 e. The zero-order valence-electron chi connectivity index (χ0n) is 12.2. The Bertz CT molecular complexity index is 475. The average molecular weight is 314 g/mol. The molecule has 1 aromatic rings. The van der Waals surface area contributed by atoms with Crippen molar-refractivity contribution in [3.05, 3.63) is 4.88 Å². The lowest BCUT2D eigenvalue weighted by atomic mass is 10.1. The van der Waals surface area contributed by atoms with E-state index in [4.69, 9.17) is 5.73 Å². The van der Waals surface area contributed by atoms with Crippen LogP contribution >= 0.6 is 23.1 Å². The van der Waals surface area contributed by atoms with E-state index < -0.39 is 0 Å². The predicted octanol–water partition coefficient (Wildman–Crippen LogP) is 2.56. The van der Waals surface area contributed by atoms with Crippen LogP contribution in [-0.4, -0.2) is 34.0 Å². The summed E-state index contributed by atoms with van der Waals surface area (Å²) in [5, 5.41) is 7.00. The molecule has 0 unspecified atom stereocenters. The third-order valence-corrected chi connectivity index (χ3v) is 4.93. The Balaban J connectivity index is 2.02. The lowest BCUT2D eigenvalue weighted by molar-refractivity contribution is 0.0939. The molecule has 1 aromatic heterocycles. The monoisotopic (exact) mass is 314 g/mol. The molecule has 1 amide bonds. The molecule has 4 N–H and O–H groups in total. The molecule has 2 rings (SSSR count). The van der Waals surface area contributed by atoms with Gasteiger partial charge in [0.15, 0.2) is 5.13 Å². The lowest BCUT2D eigenvalue weighted by Crippen LogP contribution is -2.37. The maximum atomic E-state index is 12.3. The summed E-state index contributed by atoms with van der Waals surface area (Å²) in [7, 11) is 0. The summed E-state index contributed by atoms with van der Waals surface area (Å²) >= 11 is 3.26. The van der Waals surface area contributed by atoms with Gasteiger partial charge in [0, 0.05) is 11.6 Å². The number of anilines is 2. The topological polar surface area (TPSA) is 80.0 Å². The summed E-state index contributed by atoms with van der Waals surface area (Å²) < 4.78 is 0. The van der Waals surface area contributed by atoms with Gasteiger partial charge < -0.3 is 16.4 Å². The summed E-state index contributed by atoms with van der Waals surface area (Å²) in [4.78, 5) is 17.0. The van der Waals surface area contributed by atoms with E-state index in [0.717, 1.165) is 24.3 Å². The third-order valence-electron chi connectivity index (χ3n) is 2.90. The van der Waals surface area contributed by atoms with Crippen molar-refractivity contribution >= 4 is 40.0 Å². The van der Waals surface area contributed by atoms with Crippen molar-refractivity contribution in [2.24, 2.45) is 0 Å². The first-order chi connectivity index (χ1) is 9.35. The van der Waals surface area contributed by atoms with Crippen LogP contribution in [0.1, 0.15) is 43.3 Å². The minimum atomic E-state index is -0.0986. The first kappa shape index (κ1) is 15.4. The second-order valence-electron chi connectivity index (χ2n) is 5.97. The molecule has 0 aromatic carbocycles. The number of carbonyl (C=O) groups is 1. The van der Waals surface area contributed by atoms with Crippen LogP contribution < -0.4 is 16.4 Å². The molecular weight excluding hydrogens is 292 g/mol. The fourth-order valence-electron chi connectivity index (χ4n) is 1.96. The van der Waals surface area contributed by atoms with Gasteiger partial charge in [-0.1, -0.05) is 11.3 Å². The number of nitrogen functional groups attached to an aromatic ring is 1. The van der Waals surface area contributed by atoms with Crippen LogP contribution in [0.4, 0.5) is 10.9 Å². The number of thiazole rings is 1. The van der Waals surface area contributed by atoms with Crippen molar-refractivity contribution in [2.45, 2.75) is 45.2 Å². The highest BCUT2D eigenvalue weighted by molar-refractivity contribution is 7.99. The Morgan fingerprint density at radius 3 is 2.60 bits per heavy atom. The number of nitrogens with two attached hydrogens (primary N) is 1.